The van der Waals surface area contributed by atoms with Gasteiger partial charge in [-0.2, -0.15) is 5.10 Å². The van der Waals surface area contributed by atoms with Gasteiger partial charge in [0.2, 0.25) is 0 Å². The molecule has 1 aromatic carbocycles. The van der Waals surface area contributed by atoms with E-state index in [1.54, 1.807) is 13.0 Å². The van der Waals surface area contributed by atoms with Crippen LogP contribution >= 0.6 is 0 Å². The second-order valence-electron chi connectivity index (χ2n) is 5.52. The van der Waals surface area contributed by atoms with Crippen molar-refractivity contribution < 1.29 is 4.39 Å². The molecule has 0 spiro atoms. The molecule has 0 radical (unpaired) electrons. The number of hydrogen-bond acceptors (Lipinski definition) is 2. The van der Waals surface area contributed by atoms with Crippen LogP contribution in [0.4, 0.5) is 10.1 Å². The van der Waals surface area contributed by atoms with Crippen LogP contribution < -0.4 is 5.32 Å². The number of rotatable bonds is 4. The number of nitrogens with zero attached hydrogens (tertiary/aromatic N) is 2. The van der Waals surface area contributed by atoms with Crippen molar-refractivity contribution in [3.8, 4) is 0 Å². The van der Waals surface area contributed by atoms with E-state index >= 15 is 0 Å². The minimum atomic E-state index is -0.157. The molecule has 0 fully saturated rings. The van der Waals surface area contributed by atoms with Gasteiger partial charge >= 0.3 is 0 Å². The second kappa shape index (κ2) is 5.65. The Morgan fingerprint density at radius 1 is 1.25 bits per heavy atom. The molecule has 0 bridgehead atoms. The fourth-order valence-electron chi connectivity index (χ4n) is 2.36. The van der Waals surface area contributed by atoms with Crippen molar-refractivity contribution in [2.45, 2.75) is 47.2 Å². The van der Waals surface area contributed by atoms with E-state index in [0.717, 1.165) is 22.6 Å². The number of halogens is 1. The predicted octanol–water partition coefficient (Wildman–Crippen LogP) is 4.14. The van der Waals surface area contributed by atoms with Gasteiger partial charge in [0.15, 0.2) is 0 Å². The van der Waals surface area contributed by atoms with Crippen LogP contribution in [-0.4, -0.2) is 9.78 Å². The Morgan fingerprint density at radius 3 is 2.50 bits per heavy atom. The molecule has 1 aromatic heterocycles. The molecule has 0 aliphatic carbocycles. The minimum absolute atomic E-state index is 0.157. The van der Waals surface area contributed by atoms with Crippen molar-refractivity contribution in [3.05, 3.63) is 46.5 Å². The molecule has 0 atom stereocenters. The van der Waals surface area contributed by atoms with Crippen LogP contribution in [0.1, 0.15) is 42.4 Å². The van der Waals surface area contributed by atoms with E-state index in [-0.39, 0.29) is 5.82 Å². The lowest BCUT2D eigenvalue weighted by Crippen LogP contribution is -2.06. The zero-order valence-corrected chi connectivity index (χ0v) is 12.8. The minimum Gasteiger partial charge on any atom is -0.378 e. The standard InChI is InChI=1S/C16H22FN3/c1-10(2)20-13(5)16(12(4)19-20)18-9-14-7-6-11(3)15(17)8-14/h6-8,10,18H,9H2,1-5H3. The van der Waals surface area contributed by atoms with Gasteiger partial charge < -0.3 is 5.32 Å². The summed E-state index contributed by atoms with van der Waals surface area (Å²) in [6.45, 7) is 10.6. The van der Waals surface area contributed by atoms with Gasteiger partial charge in [-0.25, -0.2) is 4.39 Å². The van der Waals surface area contributed by atoms with Crippen LogP contribution in [0.3, 0.4) is 0 Å². The van der Waals surface area contributed by atoms with E-state index in [4.69, 9.17) is 0 Å². The molecule has 0 unspecified atom stereocenters. The Hall–Kier alpha value is -1.84. The maximum atomic E-state index is 13.5. The van der Waals surface area contributed by atoms with Crippen LogP contribution in [0.5, 0.6) is 0 Å². The molecular weight excluding hydrogens is 253 g/mol. The molecule has 0 amide bonds. The molecule has 0 aliphatic rings. The Balaban J connectivity index is 2.16. The lowest BCUT2D eigenvalue weighted by molar-refractivity contribution is 0.516. The van der Waals surface area contributed by atoms with Crippen molar-refractivity contribution in [3.63, 3.8) is 0 Å². The zero-order valence-electron chi connectivity index (χ0n) is 12.8. The summed E-state index contributed by atoms with van der Waals surface area (Å²) in [6, 6.07) is 5.67. The second-order valence-corrected chi connectivity index (χ2v) is 5.52. The van der Waals surface area contributed by atoms with Gasteiger partial charge in [-0.15, -0.1) is 0 Å². The molecule has 1 heterocycles. The number of aromatic nitrogens is 2. The lowest BCUT2D eigenvalue weighted by atomic mass is 10.1. The summed E-state index contributed by atoms with van der Waals surface area (Å²) < 4.78 is 15.5. The Kier molecular flexibility index (Phi) is 4.12. The number of benzene rings is 1. The van der Waals surface area contributed by atoms with Crippen LogP contribution in [0.2, 0.25) is 0 Å². The Labute approximate surface area is 119 Å². The first kappa shape index (κ1) is 14.6. The predicted molar refractivity (Wildman–Crippen MR) is 80.5 cm³/mol. The smallest absolute Gasteiger partial charge is 0.126 e. The topological polar surface area (TPSA) is 29.9 Å². The maximum Gasteiger partial charge on any atom is 0.126 e. The molecule has 3 nitrogen and oxygen atoms in total. The van der Waals surface area contributed by atoms with Gasteiger partial charge in [0, 0.05) is 12.6 Å². The third kappa shape index (κ3) is 2.84. The van der Waals surface area contributed by atoms with Crippen LogP contribution in [0.15, 0.2) is 18.2 Å². The van der Waals surface area contributed by atoms with E-state index in [1.807, 2.05) is 23.7 Å². The molecule has 0 aliphatic heterocycles. The van der Waals surface area contributed by atoms with Crippen LogP contribution in [0.25, 0.3) is 0 Å². The third-order valence-electron chi connectivity index (χ3n) is 3.52. The highest BCUT2D eigenvalue weighted by Crippen LogP contribution is 2.23. The fourth-order valence-corrected chi connectivity index (χ4v) is 2.36. The highest BCUT2D eigenvalue weighted by molar-refractivity contribution is 5.52. The first-order valence-corrected chi connectivity index (χ1v) is 6.94. The van der Waals surface area contributed by atoms with Gasteiger partial charge in [-0.1, -0.05) is 12.1 Å². The SMILES string of the molecule is Cc1ccc(CNc2c(C)nn(C(C)C)c2C)cc1F. The van der Waals surface area contributed by atoms with E-state index in [2.05, 4.69) is 31.2 Å². The molecule has 4 heteroatoms. The maximum absolute atomic E-state index is 13.5. The highest BCUT2D eigenvalue weighted by atomic mass is 19.1. The van der Waals surface area contributed by atoms with E-state index in [9.17, 15) is 4.39 Å². The van der Waals surface area contributed by atoms with Crippen LogP contribution in [-0.2, 0) is 6.54 Å². The molecule has 2 rings (SSSR count). The molecule has 1 N–H and O–H groups in total. The van der Waals surface area contributed by atoms with Gasteiger partial charge in [0.25, 0.3) is 0 Å². The summed E-state index contributed by atoms with van der Waals surface area (Å²) in [5.74, 6) is -0.157. The third-order valence-corrected chi connectivity index (χ3v) is 3.52. The monoisotopic (exact) mass is 275 g/mol. The normalized spacial score (nSPS) is 11.2. The van der Waals surface area contributed by atoms with Gasteiger partial charge in [-0.05, 0) is 51.8 Å². The highest BCUT2D eigenvalue weighted by Gasteiger charge is 2.13. The van der Waals surface area contributed by atoms with Crippen molar-refractivity contribution in [1.82, 2.24) is 9.78 Å². The average molecular weight is 275 g/mol. The van der Waals surface area contributed by atoms with Crippen molar-refractivity contribution in [2.24, 2.45) is 0 Å². The summed E-state index contributed by atoms with van der Waals surface area (Å²) in [5.41, 5.74) is 4.74. The summed E-state index contributed by atoms with van der Waals surface area (Å²) in [4.78, 5) is 0. The van der Waals surface area contributed by atoms with Crippen molar-refractivity contribution >= 4 is 5.69 Å². The van der Waals surface area contributed by atoms with Gasteiger partial charge in [0.05, 0.1) is 17.1 Å². The van der Waals surface area contributed by atoms with E-state index in [1.165, 1.54) is 0 Å². The van der Waals surface area contributed by atoms with Crippen molar-refractivity contribution in [2.75, 3.05) is 5.32 Å². The Morgan fingerprint density at radius 2 is 1.95 bits per heavy atom. The first-order valence-electron chi connectivity index (χ1n) is 6.94. The largest absolute Gasteiger partial charge is 0.378 e. The summed E-state index contributed by atoms with van der Waals surface area (Å²) in [6.07, 6.45) is 0. The fraction of sp³-hybridized carbons (Fsp3) is 0.438. The number of nitrogens with one attached hydrogen (secondary N) is 1. The first-order chi connectivity index (χ1) is 9.40. The molecule has 0 saturated carbocycles. The Bertz CT molecular complexity index is 614. The average Bonchev–Trinajstić information content (AvgIpc) is 2.67. The van der Waals surface area contributed by atoms with Crippen LogP contribution in [0, 0.1) is 26.6 Å². The summed E-state index contributed by atoms with van der Waals surface area (Å²) in [5, 5.41) is 7.90. The summed E-state index contributed by atoms with van der Waals surface area (Å²) in [7, 11) is 0. The van der Waals surface area contributed by atoms with Gasteiger partial charge in [0.1, 0.15) is 5.82 Å². The van der Waals surface area contributed by atoms with E-state index < -0.39 is 0 Å². The zero-order chi connectivity index (χ0) is 14.9. The molecule has 20 heavy (non-hydrogen) atoms. The number of anilines is 1. The van der Waals surface area contributed by atoms with Crippen molar-refractivity contribution in [1.29, 1.82) is 0 Å². The molecule has 0 saturated heterocycles. The molecular formula is C16H22FN3. The van der Waals surface area contributed by atoms with E-state index in [0.29, 0.717) is 18.2 Å². The number of aryl methyl sites for hydroxylation is 2. The summed E-state index contributed by atoms with van der Waals surface area (Å²) >= 11 is 0. The number of hydrogen-bond donors (Lipinski definition) is 1. The lowest BCUT2D eigenvalue weighted by Gasteiger charge is -2.10. The molecule has 2 aromatic rings. The quantitative estimate of drug-likeness (QED) is 0.908. The molecule has 108 valence electrons. The van der Waals surface area contributed by atoms with Gasteiger partial charge in [-0.3, -0.25) is 4.68 Å².